The van der Waals surface area contributed by atoms with E-state index in [1.165, 1.54) is 0 Å². The van der Waals surface area contributed by atoms with Crippen molar-refractivity contribution in [3.63, 3.8) is 0 Å². The molecule has 0 nitrogen and oxygen atoms in total. The van der Waals surface area contributed by atoms with Crippen molar-refractivity contribution in [1.29, 1.82) is 0 Å². The third kappa shape index (κ3) is 1.89. The van der Waals surface area contributed by atoms with Crippen LogP contribution in [0.25, 0.3) is 0 Å². The average Bonchev–Trinajstić information content (AvgIpc) is 1.97. The van der Waals surface area contributed by atoms with Crippen molar-refractivity contribution < 1.29 is 13.2 Å². The van der Waals surface area contributed by atoms with E-state index >= 15 is 0 Å². The van der Waals surface area contributed by atoms with E-state index in [1.54, 1.807) is 0 Å². The average molecular weight is 265 g/mol. The minimum absolute atomic E-state index is 0.256. The molecule has 0 bridgehead atoms. The van der Waals surface area contributed by atoms with Crippen molar-refractivity contribution in [2.24, 2.45) is 0 Å². The molecule has 58 valence electrons. The van der Waals surface area contributed by atoms with Crippen LogP contribution in [0.2, 0.25) is 0 Å². The molecule has 0 unspecified atom stereocenters. The zero-order valence-electron chi connectivity index (χ0n) is 5.57. The molecular weight excluding hydrogens is 260 g/mol. The van der Waals surface area contributed by atoms with Gasteiger partial charge in [0.1, 0.15) is 0 Å². The second kappa shape index (κ2) is 3.47. The molecular formula is C7H5F3Sn. The van der Waals surface area contributed by atoms with E-state index in [0.717, 1.165) is 28.6 Å². The van der Waals surface area contributed by atoms with Crippen LogP contribution in [-0.4, -0.2) is 22.5 Å². The Bertz CT molecular complexity index is 273. The van der Waals surface area contributed by atoms with Crippen LogP contribution in [0, 0.1) is 17.5 Å². The molecule has 0 aliphatic heterocycles. The van der Waals surface area contributed by atoms with Gasteiger partial charge in [-0.2, -0.15) is 0 Å². The van der Waals surface area contributed by atoms with Crippen LogP contribution in [0.5, 0.6) is 0 Å². The quantitative estimate of drug-likeness (QED) is 0.533. The third-order valence-corrected chi connectivity index (χ3v) is 2.56. The summed E-state index contributed by atoms with van der Waals surface area (Å²) >= 11 is 0.802. The molecule has 1 aromatic rings. The van der Waals surface area contributed by atoms with Crippen molar-refractivity contribution >= 4 is 22.5 Å². The third-order valence-electron chi connectivity index (χ3n) is 1.31. The Morgan fingerprint density at radius 1 is 1.00 bits per heavy atom. The molecule has 0 N–H and O–H groups in total. The molecule has 0 aliphatic carbocycles. The van der Waals surface area contributed by atoms with Crippen LogP contribution in [0.15, 0.2) is 12.1 Å². The van der Waals surface area contributed by atoms with E-state index in [9.17, 15) is 13.2 Å². The van der Waals surface area contributed by atoms with Gasteiger partial charge in [0.15, 0.2) is 0 Å². The van der Waals surface area contributed by atoms with Crippen LogP contribution in [-0.2, 0) is 4.44 Å². The number of benzene rings is 1. The molecule has 2 radical (unpaired) electrons. The second-order valence-corrected chi connectivity index (χ2v) is 3.23. The summed E-state index contributed by atoms with van der Waals surface area (Å²) in [6, 6.07) is 1.50. The monoisotopic (exact) mass is 266 g/mol. The normalized spacial score (nSPS) is 10.2. The van der Waals surface area contributed by atoms with Crippen molar-refractivity contribution in [1.82, 2.24) is 0 Å². The van der Waals surface area contributed by atoms with Gasteiger partial charge in [0, 0.05) is 0 Å². The van der Waals surface area contributed by atoms with Crippen LogP contribution in [0.4, 0.5) is 13.2 Å². The van der Waals surface area contributed by atoms with E-state index in [2.05, 4.69) is 0 Å². The number of halogens is 3. The summed E-state index contributed by atoms with van der Waals surface area (Å²) in [5, 5.41) is 0. The van der Waals surface area contributed by atoms with Gasteiger partial charge in [-0.1, -0.05) is 0 Å². The zero-order chi connectivity index (χ0) is 8.43. The fraction of sp³-hybridized carbons (Fsp3) is 0.143. The van der Waals surface area contributed by atoms with Gasteiger partial charge in [-0.25, -0.2) is 0 Å². The molecule has 0 atom stereocenters. The standard InChI is InChI=1S/C7H4F3.Sn.H/c1-4-2-6(9)7(10)3-5(4)8;;/h2-3H,1H2;;. The molecule has 11 heavy (non-hydrogen) atoms. The van der Waals surface area contributed by atoms with Gasteiger partial charge in [0.2, 0.25) is 0 Å². The Labute approximate surface area is 75.5 Å². The molecule has 0 amide bonds. The SMILES string of the molecule is Fc1cc(F)c([CH2][SnH])cc1F. The molecule has 0 aromatic heterocycles. The Balaban J connectivity index is 3.21. The van der Waals surface area contributed by atoms with Crippen molar-refractivity contribution in [2.45, 2.75) is 4.44 Å². The fourth-order valence-electron chi connectivity index (χ4n) is 0.720. The number of hydrogen-bond acceptors (Lipinski definition) is 0. The zero-order valence-corrected chi connectivity index (χ0v) is 8.87. The van der Waals surface area contributed by atoms with Gasteiger partial charge >= 0.3 is 75.3 Å². The second-order valence-electron chi connectivity index (χ2n) is 2.06. The molecule has 0 fully saturated rings. The Kier molecular flexibility index (Phi) is 2.81. The number of rotatable bonds is 1. The molecule has 1 rings (SSSR count). The first kappa shape index (κ1) is 8.90. The maximum absolute atomic E-state index is 12.6. The van der Waals surface area contributed by atoms with Crippen molar-refractivity contribution in [2.75, 3.05) is 0 Å². The van der Waals surface area contributed by atoms with Gasteiger partial charge in [-0.05, 0) is 0 Å². The van der Waals surface area contributed by atoms with Gasteiger partial charge in [0.05, 0.1) is 0 Å². The van der Waals surface area contributed by atoms with E-state index in [1.807, 2.05) is 0 Å². The van der Waals surface area contributed by atoms with Gasteiger partial charge in [-0.15, -0.1) is 0 Å². The van der Waals surface area contributed by atoms with E-state index in [0.29, 0.717) is 10.5 Å². The Hall–Kier alpha value is -0.191. The maximum atomic E-state index is 12.6. The van der Waals surface area contributed by atoms with E-state index in [4.69, 9.17) is 0 Å². The fourth-order valence-corrected chi connectivity index (χ4v) is 1.61. The van der Waals surface area contributed by atoms with Crippen LogP contribution < -0.4 is 0 Å². The van der Waals surface area contributed by atoms with E-state index < -0.39 is 17.5 Å². The first-order chi connectivity index (χ1) is 5.15. The summed E-state index contributed by atoms with van der Waals surface area (Å²) < 4.78 is 37.8. The van der Waals surface area contributed by atoms with Crippen LogP contribution in [0.3, 0.4) is 0 Å². The van der Waals surface area contributed by atoms with Crippen molar-refractivity contribution in [3.05, 3.63) is 35.1 Å². The summed E-state index contributed by atoms with van der Waals surface area (Å²) in [5.74, 6) is -2.76. The summed E-state index contributed by atoms with van der Waals surface area (Å²) in [7, 11) is 0. The minimum atomic E-state index is -1.12. The molecule has 1 aromatic carbocycles. The summed E-state index contributed by atoms with van der Waals surface area (Å²) in [5.41, 5.74) is 0.256. The summed E-state index contributed by atoms with van der Waals surface area (Å²) in [6.45, 7) is 0. The van der Waals surface area contributed by atoms with Crippen molar-refractivity contribution in [3.8, 4) is 0 Å². The summed E-state index contributed by atoms with van der Waals surface area (Å²) in [6.07, 6.45) is 0. The molecule has 4 heteroatoms. The van der Waals surface area contributed by atoms with Crippen LogP contribution in [0.1, 0.15) is 5.56 Å². The first-order valence-corrected chi connectivity index (χ1v) is 5.31. The molecule has 0 heterocycles. The predicted molar refractivity (Wildman–Crippen MR) is 37.2 cm³/mol. The Morgan fingerprint density at radius 3 is 2.09 bits per heavy atom. The van der Waals surface area contributed by atoms with Gasteiger partial charge < -0.3 is 0 Å². The van der Waals surface area contributed by atoms with Crippen LogP contribution >= 0.6 is 0 Å². The molecule has 0 saturated heterocycles. The Morgan fingerprint density at radius 2 is 1.55 bits per heavy atom. The topological polar surface area (TPSA) is 0 Å². The summed E-state index contributed by atoms with van der Waals surface area (Å²) in [4.78, 5) is 0. The van der Waals surface area contributed by atoms with E-state index in [-0.39, 0.29) is 5.56 Å². The first-order valence-electron chi connectivity index (χ1n) is 2.98. The van der Waals surface area contributed by atoms with Gasteiger partial charge in [0.25, 0.3) is 0 Å². The predicted octanol–water partition coefficient (Wildman–Crippen LogP) is 1.50. The molecule has 0 spiro atoms. The van der Waals surface area contributed by atoms with Gasteiger partial charge in [-0.3, -0.25) is 0 Å². The number of hydrogen-bond donors (Lipinski definition) is 0. The molecule has 0 aliphatic rings. The molecule has 0 saturated carbocycles.